The number of aryl methyl sites for hydroxylation is 1. The first-order chi connectivity index (χ1) is 9.35. The largest absolute Gasteiger partial charge is 0.497 e. The highest BCUT2D eigenvalue weighted by atomic mass is 16.5. The highest BCUT2D eigenvalue weighted by Gasteiger charge is 2.44. The fourth-order valence-electron chi connectivity index (χ4n) is 3.93. The molecule has 0 aromatic heterocycles. The van der Waals surface area contributed by atoms with Crippen LogP contribution < -0.4 is 4.74 Å². The number of methoxy groups -OCH3 is 1. The van der Waals surface area contributed by atoms with Crippen LogP contribution in [-0.4, -0.2) is 17.8 Å². The molecule has 1 aromatic rings. The summed E-state index contributed by atoms with van der Waals surface area (Å²) >= 11 is 0. The molecule has 0 radical (unpaired) electrons. The van der Waals surface area contributed by atoms with Crippen LogP contribution in [-0.2, 0) is 6.42 Å². The van der Waals surface area contributed by atoms with Crippen LogP contribution in [0.1, 0.15) is 52.0 Å². The average molecular weight is 276 g/mol. The van der Waals surface area contributed by atoms with Gasteiger partial charge in [0.05, 0.1) is 12.7 Å². The Balaban J connectivity index is 2.07. The summed E-state index contributed by atoms with van der Waals surface area (Å²) in [4.78, 5) is 0. The van der Waals surface area contributed by atoms with Gasteiger partial charge in [0.25, 0.3) is 0 Å². The summed E-state index contributed by atoms with van der Waals surface area (Å²) in [6.07, 6.45) is 5.31. The molecule has 112 valence electrons. The fraction of sp³-hybridized carbons (Fsp3) is 0.667. The first-order valence-corrected chi connectivity index (χ1v) is 7.70. The van der Waals surface area contributed by atoms with Crippen molar-refractivity contribution in [2.45, 2.75) is 58.5 Å². The van der Waals surface area contributed by atoms with Crippen LogP contribution >= 0.6 is 0 Å². The van der Waals surface area contributed by atoms with Crippen molar-refractivity contribution in [2.75, 3.05) is 7.11 Å². The van der Waals surface area contributed by atoms with Crippen molar-refractivity contribution in [3.05, 3.63) is 29.8 Å². The van der Waals surface area contributed by atoms with Crippen LogP contribution in [0.25, 0.3) is 0 Å². The lowest BCUT2D eigenvalue weighted by Gasteiger charge is -2.48. The van der Waals surface area contributed by atoms with Gasteiger partial charge in [-0.2, -0.15) is 0 Å². The number of benzene rings is 1. The predicted molar refractivity (Wildman–Crippen MR) is 83.1 cm³/mol. The third-order valence-electron chi connectivity index (χ3n) is 5.05. The molecule has 0 spiro atoms. The lowest BCUT2D eigenvalue weighted by atomic mass is 9.60. The first kappa shape index (κ1) is 15.4. The zero-order valence-corrected chi connectivity index (χ0v) is 13.3. The maximum Gasteiger partial charge on any atom is 0.119 e. The van der Waals surface area contributed by atoms with Gasteiger partial charge in [-0.25, -0.2) is 0 Å². The van der Waals surface area contributed by atoms with Gasteiger partial charge >= 0.3 is 0 Å². The van der Waals surface area contributed by atoms with E-state index in [0.29, 0.717) is 5.92 Å². The van der Waals surface area contributed by atoms with Gasteiger partial charge in [-0.15, -0.1) is 0 Å². The SMILES string of the molecule is COc1cccc(CCC2C(C)(C)CCCC2(C)O)c1. The summed E-state index contributed by atoms with van der Waals surface area (Å²) in [6.45, 7) is 6.62. The summed E-state index contributed by atoms with van der Waals surface area (Å²) in [6, 6.07) is 8.26. The monoisotopic (exact) mass is 276 g/mol. The molecule has 2 nitrogen and oxygen atoms in total. The van der Waals surface area contributed by atoms with Gasteiger partial charge in [0.1, 0.15) is 5.75 Å². The molecule has 1 aliphatic rings. The molecule has 2 heteroatoms. The number of ether oxygens (including phenoxy) is 1. The Morgan fingerprint density at radius 2 is 2.00 bits per heavy atom. The summed E-state index contributed by atoms with van der Waals surface area (Å²) in [5.74, 6) is 1.27. The lowest BCUT2D eigenvalue weighted by Crippen LogP contribution is -2.47. The van der Waals surface area contributed by atoms with Crippen molar-refractivity contribution in [1.82, 2.24) is 0 Å². The molecule has 0 saturated heterocycles. The van der Waals surface area contributed by atoms with Crippen molar-refractivity contribution in [3.8, 4) is 5.75 Å². The van der Waals surface area contributed by atoms with E-state index in [1.165, 1.54) is 12.0 Å². The van der Waals surface area contributed by atoms with Crippen LogP contribution in [0.15, 0.2) is 24.3 Å². The van der Waals surface area contributed by atoms with Crippen LogP contribution in [0.5, 0.6) is 5.75 Å². The molecular formula is C18H28O2. The van der Waals surface area contributed by atoms with Gasteiger partial charge in [-0.3, -0.25) is 0 Å². The van der Waals surface area contributed by atoms with Crippen molar-refractivity contribution in [1.29, 1.82) is 0 Å². The number of aliphatic hydroxyl groups is 1. The van der Waals surface area contributed by atoms with E-state index in [2.05, 4.69) is 26.0 Å². The Bertz CT molecular complexity index is 432. The Labute approximate surface area is 123 Å². The van der Waals surface area contributed by atoms with E-state index in [0.717, 1.165) is 31.4 Å². The molecule has 1 aromatic carbocycles. The molecule has 0 amide bonds. The minimum Gasteiger partial charge on any atom is -0.497 e. The Morgan fingerprint density at radius 3 is 2.65 bits per heavy atom. The van der Waals surface area contributed by atoms with Crippen molar-refractivity contribution in [3.63, 3.8) is 0 Å². The molecule has 0 bridgehead atoms. The minimum atomic E-state index is -0.527. The Hall–Kier alpha value is -1.02. The second-order valence-corrected chi connectivity index (χ2v) is 7.14. The van der Waals surface area contributed by atoms with Crippen molar-refractivity contribution in [2.24, 2.45) is 11.3 Å². The van der Waals surface area contributed by atoms with E-state index in [1.54, 1.807) is 7.11 Å². The van der Waals surface area contributed by atoms with E-state index in [9.17, 15) is 5.11 Å². The molecule has 2 atom stereocenters. The van der Waals surface area contributed by atoms with Gasteiger partial charge in [0.2, 0.25) is 0 Å². The third kappa shape index (κ3) is 3.35. The zero-order chi connectivity index (χ0) is 14.8. The highest BCUT2D eigenvalue weighted by Crippen LogP contribution is 2.48. The summed E-state index contributed by atoms with van der Waals surface area (Å²) < 4.78 is 5.28. The number of hydrogen-bond acceptors (Lipinski definition) is 2. The normalized spacial score (nSPS) is 29.1. The van der Waals surface area contributed by atoms with E-state index in [4.69, 9.17) is 4.74 Å². The summed E-state index contributed by atoms with van der Waals surface area (Å²) in [5, 5.41) is 10.7. The van der Waals surface area contributed by atoms with Crippen molar-refractivity contribution >= 4 is 0 Å². The molecule has 2 rings (SSSR count). The third-order valence-corrected chi connectivity index (χ3v) is 5.05. The van der Waals surface area contributed by atoms with Crippen LogP contribution in [0, 0.1) is 11.3 Å². The average Bonchev–Trinajstić information content (AvgIpc) is 2.37. The van der Waals surface area contributed by atoms with Gasteiger partial charge in [0, 0.05) is 0 Å². The standard InChI is InChI=1S/C18H28O2/c1-17(2)11-6-12-18(3,19)16(17)10-9-14-7-5-8-15(13-14)20-4/h5,7-8,13,16,19H,6,9-12H2,1-4H3. The van der Waals surface area contributed by atoms with Gasteiger partial charge in [-0.05, 0) is 61.6 Å². The molecule has 2 unspecified atom stereocenters. The van der Waals surface area contributed by atoms with Gasteiger partial charge in [-0.1, -0.05) is 32.4 Å². The maximum atomic E-state index is 10.7. The molecule has 1 aliphatic carbocycles. The van der Waals surface area contributed by atoms with Crippen LogP contribution in [0.2, 0.25) is 0 Å². The predicted octanol–water partition coefficient (Wildman–Crippen LogP) is 4.21. The first-order valence-electron chi connectivity index (χ1n) is 7.70. The molecule has 1 fully saturated rings. The minimum absolute atomic E-state index is 0.223. The fourth-order valence-corrected chi connectivity index (χ4v) is 3.93. The molecule has 1 saturated carbocycles. The molecule has 1 N–H and O–H groups in total. The zero-order valence-electron chi connectivity index (χ0n) is 13.3. The Morgan fingerprint density at radius 1 is 1.25 bits per heavy atom. The topological polar surface area (TPSA) is 29.5 Å². The number of rotatable bonds is 4. The van der Waals surface area contributed by atoms with Crippen LogP contribution in [0.4, 0.5) is 0 Å². The van der Waals surface area contributed by atoms with Gasteiger partial charge < -0.3 is 9.84 Å². The molecule has 20 heavy (non-hydrogen) atoms. The summed E-state index contributed by atoms with van der Waals surface area (Å²) in [5.41, 5.74) is 0.989. The smallest absolute Gasteiger partial charge is 0.119 e. The Kier molecular flexibility index (Phi) is 4.43. The van der Waals surface area contributed by atoms with Crippen LogP contribution in [0.3, 0.4) is 0 Å². The maximum absolute atomic E-state index is 10.7. The second-order valence-electron chi connectivity index (χ2n) is 7.14. The van der Waals surface area contributed by atoms with Crippen molar-refractivity contribution < 1.29 is 9.84 Å². The van der Waals surface area contributed by atoms with Gasteiger partial charge in [0.15, 0.2) is 0 Å². The van der Waals surface area contributed by atoms with E-state index in [1.807, 2.05) is 19.1 Å². The molecule has 0 aliphatic heterocycles. The van der Waals surface area contributed by atoms with E-state index >= 15 is 0 Å². The lowest BCUT2D eigenvalue weighted by molar-refractivity contribution is -0.0918. The summed E-state index contributed by atoms with van der Waals surface area (Å²) in [7, 11) is 1.70. The second kappa shape index (κ2) is 5.77. The highest BCUT2D eigenvalue weighted by molar-refractivity contribution is 5.28. The number of hydrogen-bond donors (Lipinski definition) is 1. The quantitative estimate of drug-likeness (QED) is 0.893. The molecular weight excluding hydrogens is 248 g/mol. The molecule has 0 heterocycles. The van der Waals surface area contributed by atoms with E-state index < -0.39 is 5.60 Å². The van der Waals surface area contributed by atoms with E-state index in [-0.39, 0.29) is 5.41 Å².